The Morgan fingerprint density at radius 3 is 2.62 bits per heavy atom. The van der Waals surface area contributed by atoms with Crippen LogP contribution in [0.25, 0.3) is 0 Å². The molecule has 0 aliphatic carbocycles. The van der Waals surface area contributed by atoms with E-state index in [9.17, 15) is 9.18 Å². The Bertz CT molecular complexity index is 381. The van der Waals surface area contributed by atoms with E-state index in [-0.39, 0.29) is 12.4 Å². The zero-order chi connectivity index (χ0) is 11.8. The largest absolute Gasteiger partial charge is 0.462 e. The minimum absolute atomic E-state index is 0.290. The molecule has 1 aromatic carbocycles. The predicted molar refractivity (Wildman–Crippen MR) is 56.1 cm³/mol. The highest BCUT2D eigenvalue weighted by molar-refractivity contribution is 5.89. The maximum Gasteiger partial charge on any atom is 0.338 e. The number of ether oxygens (including phenoxy) is 1. The van der Waals surface area contributed by atoms with Gasteiger partial charge in [-0.25, -0.2) is 9.18 Å². The second-order valence-corrected chi connectivity index (χ2v) is 3.26. The van der Waals surface area contributed by atoms with E-state index in [0.717, 1.165) is 0 Å². The van der Waals surface area contributed by atoms with E-state index < -0.39 is 5.97 Å². The monoisotopic (exact) mass is 221 g/mol. The zero-order valence-electron chi connectivity index (χ0n) is 8.78. The quantitative estimate of drug-likeness (QED) is 0.567. The highest BCUT2D eigenvalue weighted by atomic mass is 19.1. The van der Waals surface area contributed by atoms with Crippen LogP contribution in [0.2, 0.25) is 0 Å². The molecule has 0 spiro atoms. The van der Waals surface area contributed by atoms with Crippen LogP contribution in [0, 0.1) is 17.1 Å². The standard InChI is InChI=1S/C12H12FNO2/c13-11-6-4-10(5-7-11)12(15)16-9-3-1-2-8-14/h4-7H,1-3,9H2. The number of benzene rings is 1. The van der Waals surface area contributed by atoms with Crippen molar-refractivity contribution >= 4 is 5.97 Å². The molecule has 0 radical (unpaired) electrons. The van der Waals surface area contributed by atoms with Crippen molar-refractivity contribution in [3.8, 4) is 6.07 Å². The highest BCUT2D eigenvalue weighted by Gasteiger charge is 2.06. The molecule has 0 aromatic heterocycles. The van der Waals surface area contributed by atoms with Crippen molar-refractivity contribution in [1.82, 2.24) is 0 Å². The van der Waals surface area contributed by atoms with Crippen molar-refractivity contribution in [2.45, 2.75) is 19.3 Å². The SMILES string of the molecule is N#CCCCCOC(=O)c1ccc(F)cc1. The lowest BCUT2D eigenvalue weighted by Gasteiger charge is -2.03. The third kappa shape index (κ3) is 4.09. The lowest BCUT2D eigenvalue weighted by molar-refractivity contribution is 0.0499. The first-order chi connectivity index (χ1) is 7.74. The van der Waals surface area contributed by atoms with Crippen LogP contribution in [-0.2, 0) is 4.74 Å². The zero-order valence-corrected chi connectivity index (χ0v) is 8.78. The molecule has 4 heteroatoms. The summed E-state index contributed by atoms with van der Waals surface area (Å²) in [6.07, 6.45) is 1.85. The fourth-order valence-electron chi connectivity index (χ4n) is 1.14. The highest BCUT2D eigenvalue weighted by Crippen LogP contribution is 2.05. The summed E-state index contributed by atoms with van der Waals surface area (Å²) in [5.74, 6) is -0.845. The molecule has 0 N–H and O–H groups in total. The summed E-state index contributed by atoms with van der Waals surface area (Å²) in [5.41, 5.74) is 0.335. The lowest BCUT2D eigenvalue weighted by Crippen LogP contribution is -2.06. The fraction of sp³-hybridized carbons (Fsp3) is 0.333. The van der Waals surface area contributed by atoms with Gasteiger partial charge in [-0.15, -0.1) is 0 Å². The van der Waals surface area contributed by atoms with Gasteiger partial charge in [0.05, 0.1) is 18.2 Å². The third-order valence-electron chi connectivity index (χ3n) is 2.00. The van der Waals surface area contributed by atoms with Gasteiger partial charge in [0, 0.05) is 6.42 Å². The summed E-state index contributed by atoms with van der Waals surface area (Å²) in [6.45, 7) is 0.290. The van der Waals surface area contributed by atoms with E-state index in [1.807, 2.05) is 6.07 Å². The van der Waals surface area contributed by atoms with E-state index >= 15 is 0 Å². The van der Waals surface area contributed by atoms with Crippen LogP contribution in [0.4, 0.5) is 4.39 Å². The molecule has 0 aliphatic heterocycles. The number of hydrogen-bond acceptors (Lipinski definition) is 3. The van der Waals surface area contributed by atoms with Crippen molar-refractivity contribution in [3.05, 3.63) is 35.6 Å². The van der Waals surface area contributed by atoms with Crippen LogP contribution in [-0.4, -0.2) is 12.6 Å². The van der Waals surface area contributed by atoms with Crippen LogP contribution < -0.4 is 0 Å². The molecule has 3 nitrogen and oxygen atoms in total. The summed E-state index contributed by atoms with van der Waals surface area (Å²) in [5, 5.41) is 8.29. The molecule has 0 aliphatic rings. The smallest absolute Gasteiger partial charge is 0.338 e. The van der Waals surface area contributed by atoms with Crippen LogP contribution in [0.1, 0.15) is 29.6 Å². The molecule has 0 atom stereocenters. The number of rotatable bonds is 5. The molecule has 1 rings (SSSR count). The Hall–Kier alpha value is -1.89. The van der Waals surface area contributed by atoms with Crippen LogP contribution in [0.15, 0.2) is 24.3 Å². The van der Waals surface area contributed by atoms with E-state index in [1.165, 1.54) is 24.3 Å². The molecule has 0 fully saturated rings. The maximum atomic E-state index is 12.6. The molecule has 0 bridgehead atoms. The molecular weight excluding hydrogens is 209 g/mol. The summed E-state index contributed by atoms with van der Waals surface area (Å²) >= 11 is 0. The number of halogens is 1. The van der Waals surface area contributed by atoms with Gasteiger partial charge in [-0.3, -0.25) is 0 Å². The van der Waals surface area contributed by atoms with Gasteiger partial charge in [0.15, 0.2) is 0 Å². The van der Waals surface area contributed by atoms with Gasteiger partial charge in [0.1, 0.15) is 5.82 Å². The van der Waals surface area contributed by atoms with Crippen molar-refractivity contribution in [1.29, 1.82) is 5.26 Å². The first kappa shape index (κ1) is 12.2. The number of carbonyl (C=O) groups is 1. The van der Waals surface area contributed by atoms with E-state index in [0.29, 0.717) is 24.8 Å². The number of carbonyl (C=O) groups excluding carboxylic acids is 1. The molecule has 0 saturated carbocycles. The molecule has 0 saturated heterocycles. The Balaban J connectivity index is 2.30. The predicted octanol–water partition coefficient (Wildman–Crippen LogP) is 2.68. The number of hydrogen-bond donors (Lipinski definition) is 0. The Labute approximate surface area is 93.5 Å². The molecule has 0 unspecified atom stereocenters. The maximum absolute atomic E-state index is 12.6. The van der Waals surface area contributed by atoms with E-state index in [2.05, 4.69) is 0 Å². The van der Waals surface area contributed by atoms with Gasteiger partial charge >= 0.3 is 5.97 Å². The Kier molecular flexibility index (Phi) is 5.00. The van der Waals surface area contributed by atoms with Gasteiger partial charge in [-0.05, 0) is 37.1 Å². The van der Waals surface area contributed by atoms with Crippen molar-refractivity contribution < 1.29 is 13.9 Å². The molecule has 0 amide bonds. The second kappa shape index (κ2) is 6.57. The van der Waals surface area contributed by atoms with Crippen LogP contribution in [0.5, 0.6) is 0 Å². The minimum Gasteiger partial charge on any atom is -0.462 e. The van der Waals surface area contributed by atoms with Gasteiger partial charge in [0.25, 0.3) is 0 Å². The molecule has 84 valence electrons. The first-order valence-corrected chi connectivity index (χ1v) is 5.03. The van der Waals surface area contributed by atoms with Crippen LogP contribution in [0.3, 0.4) is 0 Å². The van der Waals surface area contributed by atoms with E-state index in [1.54, 1.807) is 0 Å². The topological polar surface area (TPSA) is 50.1 Å². The van der Waals surface area contributed by atoms with Crippen molar-refractivity contribution in [3.63, 3.8) is 0 Å². The normalized spacial score (nSPS) is 9.50. The molecule has 0 heterocycles. The summed E-state index contributed by atoms with van der Waals surface area (Å²) < 4.78 is 17.5. The lowest BCUT2D eigenvalue weighted by atomic mass is 10.2. The minimum atomic E-state index is -0.461. The average molecular weight is 221 g/mol. The summed E-state index contributed by atoms with van der Waals surface area (Å²) in [6, 6.07) is 7.20. The van der Waals surface area contributed by atoms with Gasteiger partial charge in [-0.1, -0.05) is 0 Å². The van der Waals surface area contributed by atoms with Crippen molar-refractivity contribution in [2.75, 3.05) is 6.61 Å². The van der Waals surface area contributed by atoms with Gasteiger partial charge < -0.3 is 4.74 Å². The van der Waals surface area contributed by atoms with Crippen LogP contribution >= 0.6 is 0 Å². The molecular formula is C12H12FNO2. The van der Waals surface area contributed by atoms with E-state index in [4.69, 9.17) is 10.00 Å². The first-order valence-electron chi connectivity index (χ1n) is 5.03. The third-order valence-corrected chi connectivity index (χ3v) is 2.00. The van der Waals surface area contributed by atoms with Gasteiger partial charge in [-0.2, -0.15) is 5.26 Å². The average Bonchev–Trinajstić information content (AvgIpc) is 2.29. The Morgan fingerprint density at radius 1 is 1.31 bits per heavy atom. The molecule has 16 heavy (non-hydrogen) atoms. The number of nitriles is 1. The van der Waals surface area contributed by atoms with Crippen molar-refractivity contribution in [2.24, 2.45) is 0 Å². The number of nitrogens with zero attached hydrogens (tertiary/aromatic N) is 1. The second-order valence-electron chi connectivity index (χ2n) is 3.26. The number of unbranched alkanes of at least 4 members (excludes halogenated alkanes) is 2. The number of esters is 1. The molecule has 1 aromatic rings. The summed E-state index contributed by atoms with van der Waals surface area (Å²) in [7, 11) is 0. The Morgan fingerprint density at radius 2 is 2.00 bits per heavy atom. The summed E-state index contributed by atoms with van der Waals surface area (Å²) in [4.78, 5) is 11.4. The fourth-order valence-corrected chi connectivity index (χ4v) is 1.14. The van der Waals surface area contributed by atoms with Gasteiger partial charge in [0.2, 0.25) is 0 Å².